The van der Waals surface area contributed by atoms with Crippen molar-refractivity contribution >= 4 is 11.7 Å². The molecule has 1 aromatic heterocycles. The van der Waals surface area contributed by atoms with Crippen LogP contribution in [0.15, 0.2) is 12.1 Å². The molecule has 1 aliphatic heterocycles. The number of carbonyl (C=O) groups is 1. The highest BCUT2D eigenvalue weighted by Gasteiger charge is 2.19. The van der Waals surface area contributed by atoms with Crippen molar-refractivity contribution in [3.05, 3.63) is 23.4 Å². The lowest BCUT2D eigenvalue weighted by molar-refractivity contribution is 0.0994. The number of pyridine rings is 1. The van der Waals surface area contributed by atoms with Crippen molar-refractivity contribution in [2.24, 2.45) is 5.73 Å². The number of nitrogens with two attached hydrogens (primary N) is 1. The molecule has 0 saturated carbocycles. The van der Waals surface area contributed by atoms with Crippen LogP contribution in [0.25, 0.3) is 0 Å². The van der Waals surface area contributed by atoms with Crippen LogP contribution in [0, 0.1) is 6.92 Å². The molecule has 1 aliphatic rings. The van der Waals surface area contributed by atoms with Crippen LogP contribution in [-0.2, 0) is 0 Å². The molecule has 2 rings (SSSR count). The molecule has 3 N–H and O–H groups in total. The van der Waals surface area contributed by atoms with Gasteiger partial charge in [-0.1, -0.05) is 6.07 Å². The third-order valence-corrected chi connectivity index (χ3v) is 3.10. The maximum absolute atomic E-state index is 11.2. The van der Waals surface area contributed by atoms with Gasteiger partial charge in [-0.25, -0.2) is 4.98 Å². The second-order valence-electron chi connectivity index (χ2n) is 4.42. The van der Waals surface area contributed by atoms with E-state index in [0.717, 1.165) is 37.3 Å². The molecular weight excluding hydrogens is 218 g/mol. The van der Waals surface area contributed by atoms with Gasteiger partial charge in [-0.3, -0.25) is 4.79 Å². The van der Waals surface area contributed by atoms with Crippen molar-refractivity contribution < 1.29 is 9.90 Å². The minimum absolute atomic E-state index is 0.215. The Balaban J connectivity index is 2.21. The van der Waals surface area contributed by atoms with Crippen LogP contribution >= 0.6 is 0 Å². The quantitative estimate of drug-likeness (QED) is 0.780. The lowest BCUT2D eigenvalue weighted by atomic mass is 10.1. The maximum Gasteiger partial charge on any atom is 0.267 e. The molecule has 0 aliphatic carbocycles. The predicted octanol–water partition coefficient (Wildman–Crippen LogP) is 0.450. The van der Waals surface area contributed by atoms with Gasteiger partial charge in [-0.15, -0.1) is 0 Å². The number of carbonyl (C=O) groups excluding carboxylic acids is 1. The third kappa shape index (κ3) is 2.55. The summed E-state index contributed by atoms with van der Waals surface area (Å²) in [5.41, 5.74) is 6.39. The Morgan fingerprint density at radius 2 is 2.12 bits per heavy atom. The number of aliphatic hydroxyl groups is 1. The zero-order valence-electron chi connectivity index (χ0n) is 9.89. The number of rotatable bonds is 2. The molecule has 5 heteroatoms. The highest BCUT2D eigenvalue weighted by Crippen LogP contribution is 2.19. The molecule has 2 heterocycles. The van der Waals surface area contributed by atoms with Gasteiger partial charge in [0.05, 0.1) is 6.10 Å². The van der Waals surface area contributed by atoms with E-state index in [0.29, 0.717) is 5.69 Å². The summed E-state index contributed by atoms with van der Waals surface area (Å²) in [7, 11) is 0. The fourth-order valence-electron chi connectivity index (χ4n) is 2.04. The minimum Gasteiger partial charge on any atom is -0.393 e. The molecule has 0 radical (unpaired) electrons. The monoisotopic (exact) mass is 235 g/mol. The molecule has 0 atom stereocenters. The Labute approximate surface area is 100 Å². The highest BCUT2D eigenvalue weighted by molar-refractivity contribution is 5.92. The van der Waals surface area contributed by atoms with Gasteiger partial charge < -0.3 is 15.7 Å². The van der Waals surface area contributed by atoms with E-state index in [2.05, 4.69) is 9.88 Å². The van der Waals surface area contributed by atoms with E-state index in [9.17, 15) is 9.90 Å². The summed E-state index contributed by atoms with van der Waals surface area (Å²) in [4.78, 5) is 17.6. The van der Waals surface area contributed by atoms with Crippen LogP contribution in [0.2, 0.25) is 0 Å². The van der Waals surface area contributed by atoms with E-state index >= 15 is 0 Å². The van der Waals surface area contributed by atoms with Crippen molar-refractivity contribution in [2.45, 2.75) is 25.9 Å². The number of hydrogen-bond donors (Lipinski definition) is 2. The Morgan fingerprint density at radius 3 is 2.71 bits per heavy atom. The van der Waals surface area contributed by atoms with Crippen molar-refractivity contribution in [3.8, 4) is 0 Å². The molecule has 17 heavy (non-hydrogen) atoms. The van der Waals surface area contributed by atoms with Gasteiger partial charge in [0.25, 0.3) is 5.91 Å². The second-order valence-corrected chi connectivity index (χ2v) is 4.42. The summed E-state index contributed by atoms with van der Waals surface area (Å²) < 4.78 is 0. The van der Waals surface area contributed by atoms with Gasteiger partial charge in [0.2, 0.25) is 0 Å². The van der Waals surface area contributed by atoms with Gasteiger partial charge in [0.1, 0.15) is 11.5 Å². The van der Waals surface area contributed by atoms with Crippen LogP contribution in [0.1, 0.15) is 28.9 Å². The number of nitrogens with zero attached hydrogens (tertiary/aromatic N) is 2. The lowest BCUT2D eigenvalue weighted by Gasteiger charge is -2.30. The predicted molar refractivity (Wildman–Crippen MR) is 64.9 cm³/mol. The summed E-state index contributed by atoms with van der Waals surface area (Å²) in [6.07, 6.45) is 1.26. The first-order chi connectivity index (χ1) is 8.08. The average Bonchev–Trinajstić information content (AvgIpc) is 2.30. The topological polar surface area (TPSA) is 79.4 Å². The number of aryl methyl sites for hydroxylation is 1. The number of anilines is 1. The summed E-state index contributed by atoms with van der Waals surface area (Å²) in [6, 6.07) is 3.74. The lowest BCUT2D eigenvalue weighted by Crippen LogP contribution is -2.36. The number of aliphatic hydroxyl groups excluding tert-OH is 1. The number of amides is 1. The Morgan fingerprint density at radius 1 is 1.47 bits per heavy atom. The van der Waals surface area contributed by atoms with Crippen LogP contribution < -0.4 is 10.6 Å². The normalized spacial score (nSPS) is 17.2. The molecule has 0 spiro atoms. The third-order valence-electron chi connectivity index (χ3n) is 3.10. The van der Waals surface area contributed by atoms with E-state index in [1.807, 2.05) is 19.1 Å². The highest BCUT2D eigenvalue weighted by atomic mass is 16.3. The summed E-state index contributed by atoms with van der Waals surface area (Å²) >= 11 is 0. The van der Waals surface area contributed by atoms with Crippen molar-refractivity contribution in [1.29, 1.82) is 0 Å². The van der Waals surface area contributed by atoms with Gasteiger partial charge in [-0.05, 0) is 31.4 Å². The van der Waals surface area contributed by atoms with Gasteiger partial charge in [0.15, 0.2) is 0 Å². The Kier molecular flexibility index (Phi) is 3.28. The molecule has 0 bridgehead atoms. The molecule has 1 amide bonds. The molecule has 1 fully saturated rings. The summed E-state index contributed by atoms with van der Waals surface area (Å²) in [5.74, 6) is 0.262. The van der Waals surface area contributed by atoms with Gasteiger partial charge in [0, 0.05) is 13.1 Å². The second kappa shape index (κ2) is 4.71. The molecule has 0 aromatic carbocycles. The number of primary amides is 1. The van der Waals surface area contributed by atoms with Crippen LogP contribution in [0.5, 0.6) is 0 Å². The van der Waals surface area contributed by atoms with E-state index in [4.69, 9.17) is 5.73 Å². The largest absolute Gasteiger partial charge is 0.393 e. The smallest absolute Gasteiger partial charge is 0.267 e. The van der Waals surface area contributed by atoms with Crippen LogP contribution in [-0.4, -0.2) is 35.2 Å². The fourth-order valence-corrected chi connectivity index (χ4v) is 2.04. The first-order valence-electron chi connectivity index (χ1n) is 5.78. The van der Waals surface area contributed by atoms with Gasteiger partial charge >= 0.3 is 0 Å². The first-order valence-corrected chi connectivity index (χ1v) is 5.78. The van der Waals surface area contributed by atoms with E-state index in [1.165, 1.54) is 0 Å². The standard InChI is InChI=1S/C12H17N3O2/c1-8-2-3-10(14-11(8)12(13)17)15-6-4-9(16)5-7-15/h2-3,9,16H,4-7H2,1H3,(H2,13,17). The van der Waals surface area contributed by atoms with E-state index in [-0.39, 0.29) is 6.10 Å². The maximum atomic E-state index is 11.2. The number of hydrogen-bond acceptors (Lipinski definition) is 4. The van der Waals surface area contributed by atoms with Crippen molar-refractivity contribution in [1.82, 2.24) is 4.98 Å². The van der Waals surface area contributed by atoms with Crippen molar-refractivity contribution in [3.63, 3.8) is 0 Å². The van der Waals surface area contributed by atoms with Crippen molar-refractivity contribution in [2.75, 3.05) is 18.0 Å². The number of aromatic nitrogens is 1. The molecule has 92 valence electrons. The summed E-state index contributed by atoms with van der Waals surface area (Å²) in [6.45, 7) is 3.34. The summed E-state index contributed by atoms with van der Waals surface area (Å²) in [5, 5.41) is 9.44. The molecule has 0 unspecified atom stereocenters. The molecule has 1 saturated heterocycles. The first kappa shape index (κ1) is 11.9. The average molecular weight is 235 g/mol. The van der Waals surface area contributed by atoms with E-state index < -0.39 is 5.91 Å². The Bertz CT molecular complexity index is 426. The van der Waals surface area contributed by atoms with Crippen LogP contribution in [0.3, 0.4) is 0 Å². The zero-order chi connectivity index (χ0) is 12.4. The molecule has 1 aromatic rings. The van der Waals surface area contributed by atoms with Crippen LogP contribution in [0.4, 0.5) is 5.82 Å². The zero-order valence-corrected chi connectivity index (χ0v) is 9.89. The number of piperidine rings is 1. The Hall–Kier alpha value is -1.62. The van der Waals surface area contributed by atoms with Gasteiger partial charge in [-0.2, -0.15) is 0 Å². The SMILES string of the molecule is Cc1ccc(N2CCC(O)CC2)nc1C(N)=O. The molecule has 5 nitrogen and oxygen atoms in total. The minimum atomic E-state index is -0.499. The fraction of sp³-hybridized carbons (Fsp3) is 0.500. The van der Waals surface area contributed by atoms with E-state index in [1.54, 1.807) is 0 Å². The molecular formula is C12H17N3O2.